The average molecular weight is 344 g/mol. The number of aromatic nitrogens is 2. The Labute approximate surface area is 151 Å². The van der Waals surface area contributed by atoms with Crippen molar-refractivity contribution in [3.8, 4) is 0 Å². The molecule has 2 heterocycles. The van der Waals surface area contributed by atoms with E-state index in [1.165, 1.54) is 0 Å². The Balaban J connectivity index is 1.89. The molecular weight excluding hydrogens is 324 g/mol. The van der Waals surface area contributed by atoms with E-state index in [1.807, 2.05) is 36.4 Å². The molecule has 0 fully saturated rings. The van der Waals surface area contributed by atoms with Crippen LogP contribution in [-0.2, 0) is 18.3 Å². The second-order valence-corrected chi connectivity index (χ2v) is 6.57. The van der Waals surface area contributed by atoms with Crippen molar-refractivity contribution in [2.45, 2.75) is 18.3 Å². The van der Waals surface area contributed by atoms with Gasteiger partial charge in [-0.3, -0.25) is 0 Å². The van der Waals surface area contributed by atoms with Crippen LogP contribution in [0.2, 0.25) is 0 Å². The van der Waals surface area contributed by atoms with E-state index in [9.17, 15) is 0 Å². The molecule has 1 aromatic heterocycles. The van der Waals surface area contributed by atoms with Crippen LogP contribution in [0.15, 0.2) is 65.7 Å². The van der Waals surface area contributed by atoms with Gasteiger partial charge in [0.1, 0.15) is 11.5 Å². The van der Waals surface area contributed by atoms with E-state index in [0.29, 0.717) is 30.1 Å². The molecule has 4 rings (SSSR count). The summed E-state index contributed by atoms with van der Waals surface area (Å²) in [6.07, 6.45) is 1.31. The Morgan fingerprint density at radius 2 is 1.27 bits per heavy atom. The maximum absolute atomic E-state index is 6.46. The number of fused-ring (bicyclic) bond motifs is 1. The van der Waals surface area contributed by atoms with Crippen molar-refractivity contribution in [1.29, 1.82) is 0 Å². The highest BCUT2D eigenvalue weighted by molar-refractivity contribution is 6.01. The molecule has 0 saturated heterocycles. The lowest BCUT2D eigenvalue weighted by Crippen LogP contribution is -2.43. The Kier molecular flexibility index (Phi) is 3.80. The first-order valence-corrected chi connectivity index (χ1v) is 8.44. The summed E-state index contributed by atoms with van der Waals surface area (Å²) in [5.74, 6) is 0.891. The summed E-state index contributed by atoms with van der Waals surface area (Å²) in [6.45, 7) is 0. The van der Waals surface area contributed by atoms with E-state index in [-0.39, 0.29) is 11.8 Å². The molecule has 0 aliphatic carbocycles. The van der Waals surface area contributed by atoms with Gasteiger partial charge in [0.25, 0.3) is 0 Å². The molecule has 1 aliphatic heterocycles. The summed E-state index contributed by atoms with van der Waals surface area (Å²) < 4.78 is 0. The summed E-state index contributed by atoms with van der Waals surface area (Å²) in [7, 11) is 0. The second-order valence-electron chi connectivity index (χ2n) is 6.57. The molecule has 26 heavy (non-hydrogen) atoms. The maximum atomic E-state index is 6.46. The van der Waals surface area contributed by atoms with Crippen LogP contribution in [0.5, 0.6) is 0 Å². The molecule has 6 N–H and O–H groups in total. The number of benzene rings is 2. The van der Waals surface area contributed by atoms with Gasteiger partial charge in [-0.05, 0) is 24.0 Å². The number of hydrogen-bond donors (Lipinski definition) is 3. The molecule has 0 saturated carbocycles. The third kappa shape index (κ3) is 2.65. The van der Waals surface area contributed by atoms with Gasteiger partial charge < -0.3 is 17.2 Å². The number of rotatable bonds is 4. The van der Waals surface area contributed by atoms with Gasteiger partial charge in [0, 0.05) is 0 Å². The number of hydrogen-bond acceptors (Lipinski definition) is 6. The molecule has 0 amide bonds. The maximum Gasteiger partial charge on any atom is 0.222 e. The standard InChI is InChI=1S/C20H20N6/c21-17-15-16(25-19(23)26-17)20(18(22)24-15,11-13-7-3-1-4-8-13)12-14-9-5-2-6-10-14/h1-10H,11-12H2,(H2,22,24)(H4,21,23,25,26). The van der Waals surface area contributed by atoms with Crippen molar-refractivity contribution < 1.29 is 0 Å². The highest BCUT2D eigenvalue weighted by atomic mass is 15.1. The molecule has 0 radical (unpaired) electrons. The topological polar surface area (TPSA) is 116 Å². The minimum Gasteiger partial charge on any atom is -0.386 e. The summed E-state index contributed by atoms with van der Waals surface area (Å²) in [5, 5.41) is 0. The first-order valence-electron chi connectivity index (χ1n) is 8.44. The van der Waals surface area contributed by atoms with Crippen LogP contribution in [-0.4, -0.2) is 15.8 Å². The van der Waals surface area contributed by atoms with Gasteiger partial charge in [0.05, 0.1) is 11.1 Å². The zero-order valence-corrected chi connectivity index (χ0v) is 14.3. The number of anilines is 2. The number of aliphatic imine (C=N–C) groups is 1. The summed E-state index contributed by atoms with van der Waals surface area (Å²) in [6, 6.07) is 20.3. The second kappa shape index (κ2) is 6.15. The molecule has 0 atom stereocenters. The normalized spacial score (nSPS) is 14.7. The molecule has 130 valence electrons. The quantitative estimate of drug-likeness (QED) is 0.672. The predicted octanol–water partition coefficient (Wildman–Crippen LogP) is 2.37. The Hall–Kier alpha value is -3.41. The predicted molar refractivity (Wildman–Crippen MR) is 104 cm³/mol. The average Bonchev–Trinajstić information content (AvgIpc) is 2.89. The van der Waals surface area contributed by atoms with E-state index in [4.69, 9.17) is 17.2 Å². The van der Waals surface area contributed by atoms with E-state index in [2.05, 4.69) is 39.2 Å². The van der Waals surface area contributed by atoms with Gasteiger partial charge in [-0.2, -0.15) is 4.98 Å². The molecule has 0 spiro atoms. The molecule has 1 aliphatic rings. The number of nitrogens with zero attached hydrogens (tertiary/aromatic N) is 3. The highest BCUT2D eigenvalue weighted by Crippen LogP contribution is 2.44. The van der Waals surface area contributed by atoms with Crippen LogP contribution in [0.1, 0.15) is 16.8 Å². The first kappa shape index (κ1) is 16.1. The Bertz CT molecular complexity index is 925. The minimum atomic E-state index is -0.608. The van der Waals surface area contributed by atoms with Gasteiger partial charge >= 0.3 is 0 Å². The Morgan fingerprint density at radius 1 is 0.731 bits per heavy atom. The number of nitrogen functional groups attached to an aromatic ring is 2. The molecule has 0 unspecified atom stereocenters. The fraction of sp³-hybridized carbons (Fsp3) is 0.150. The lowest BCUT2D eigenvalue weighted by atomic mass is 9.73. The molecule has 6 nitrogen and oxygen atoms in total. The van der Waals surface area contributed by atoms with Gasteiger partial charge in [0.2, 0.25) is 5.95 Å². The fourth-order valence-corrected chi connectivity index (χ4v) is 3.58. The SMILES string of the molecule is NC1=Nc2c(N)nc(N)nc2C1(Cc1ccccc1)Cc1ccccc1. The van der Waals surface area contributed by atoms with Crippen molar-refractivity contribution in [2.75, 3.05) is 11.5 Å². The molecular formula is C20H20N6. The zero-order chi connectivity index (χ0) is 18.1. The third-order valence-electron chi connectivity index (χ3n) is 4.80. The van der Waals surface area contributed by atoms with Crippen molar-refractivity contribution >= 4 is 23.3 Å². The van der Waals surface area contributed by atoms with Crippen LogP contribution < -0.4 is 17.2 Å². The first-order chi connectivity index (χ1) is 12.6. The van der Waals surface area contributed by atoms with Crippen LogP contribution in [0.25, 0.3) is 0 Å². The molecule has 0 bridgehead atoms. The van der Waals surface area contributed by atoms with E-state index in [1.54, 1.807) is 0 Å². The van der Waals surface area contributed by atoms with Gasteiger partial charge in [-0.25, -0.2) is 9.98 Å². The lowest BCUT2D eigenvalue weighted by Gasteiger charge is -2.30. The van der Waals surface area contributed by atoms with Crippen LogP contribution in [0.4, 0.5) is 17.5 Å². The summed E-state index contributed by atoms with van der Waals surface area (Å²) >= 11 is 0. The minimum absolute atomic E-state index is 0.136. The van der Waals surface area contributed by atoms with Gasteiger partial charge in [0.15, 0.2) is 5.82 Å². The van der Waals surface area contributed by atoms with Crippen molar-refractivity contribution in [2.24, 2.45) is 10.7 Å². The number of amidine groups is 1. The fourth-order valence-electron chi connectivity index (χ4n) is 3.58. The summed E-state index contributed by atoms with van der Waals surface area (Å²) in [4.78, 5) is 13.1. The summed E-state index contributed by atoms with van der Waals surface area (Å²) in [5.41, 5.74) is 21.3. The van der Waals surface area contributed by atoms with E-state index >= 15 is 0 Å². The van der Waals surface area contributed by atoms with Crippen LogP contribution in [0, 0.1) is 0 Å². The van der Waals surface area contributed by atoms with Crippen molar-refractivity contribution in [3.63, 3.8) is 0 Å². The molecule has 3 aromatic rings. The smallest absolute Gasteiger partial charge is 0.222 e. The molecule has 6 heteroatoms. The van der Waals surface area contributed by atoms with E-state index < -0.39 is 5.41 Å². The molecule has 2 aromatic carbocycles. The van der Waals surface area contributed by atoms with Crippen molar-refractivity contribution in [1.82, 2.24) is 9.97 Å². The van der Waals surface area contributed by atoms with E-state index in [0.717, 1.165) is 11.1 Å². The monoisotopic (exact) mass is 344 g/mol. The number of nitrogens with two attached hydrogens (primary N) is 3. The Morgan fingerprint density at radius 3 is 1.81 bits per heavy atom. The largest absolute Gasteiger partial charge is 0.386 e. The highest BCUT2D eigenvalue weighted by Gasteiger charge is 2.45. The van der Waals surface area contributed by atoms with Crippen molar-refractivity contribution in [3.05, 3.63) is 77.5 Å². The lowest BCUT2D eigenvalue weighted by molar-refractivity contribution is 0.556. The van der Waals surface area contributed by atoms with Crippen LogP contribution >= 0.6 is 0 Å². The third-order valence-corrected chi connectivity index (χ3v) is 4.80. The van der Waals surface area contributed by atoms with Gasteiger partial charge in [-0.15, -0.1) is 0 Å². The van der Waals surface area contributed by atoms with Crippen LogP contribution in [0.3, 0.4) is 0 Å². The van der Waals surface area contributed by atoms with Gasteiger partial charge in [-0.1, -0.05) is 60.7 Å². The zero-order valence-electron chi connectivity index (χ0n) is 14.3.